The second kappa shape index (κ2) is 7.91. The van der Waals surface area contributed by atoms with E-state index in [4.69, 9.17) is 9.47 Å². The fourth-order valence-electron chi connectivity index (χ4n) is 2.62. The molecule has 0 spiro atoms. The first kappa shape index (κ1) is 21.3. The SMILES string of the molecule is CC(C)(O)COc1ccc(C(C)(C)c2ccc(OCC(C)(C)O)cc2)cc1. The van der Waals surface area contributed by atoms with Gasteiger partial charge in [0.1, 0.15) is 24.7 Å². The molecule has 0 heterocycles. The zero-order valence-corrected chi connectivity index (χ0v) is 17.2. The van der Waals surface area contributed by atoms with Crippen molar-refractivity contribution in [1.82, 2.24) is 0 Å². The topological polar surface area (TPSA) is 58.9 Å². The summed E-state index contributed by atoms with van der Waals surface area (Å²) >= 11 is 0. The molecule has 4 heteroatoms. The zero-order valence-electron chi connectivity index (χ0n) is 17.2. The lowest BCUT2D eigenvalue weighted by Gasteiger charge is -2.27. The van der Waals surface area contributed by atoms with Crippen LogP contribution in [0, 0.1) is 0 Å². The lowest BCUT2D eigenvalue weighted by Crippen LogP contribution is -2.28. The van der Waals surface area contributed by atoms with E-state index in [0.29, 0.717) is 0 Å². The first-order chi connectivity index (χ1) is 12.4. The number of rotatable bonds is 8. The Hall–Kier alpha value is -2.04. The van der Waals surface area contributed by atoms with Gasteiger partial charge in [0.2, 0.25) is 0 Å². The van der Waals surface area contributed by atoms with Gasteiger partial charge in [-0.05, 0) is 63.1 Å². The second-order valence-electron chi connectivity index (χ2n) is 8.88. The summed E-state index contributed by atoms with van der Waals surface area (Å²) in [4.78, 5) is 0. The zero-order chi connectivity index (χ0) is 20.3. The van der Waals surface area contributed by atoms with Crippen molar-refractivity contribution in [2.45, 2.75) is 58.2 Å². The van der Waals surface area contributed by atoms with Crippen molar-refractivity contribution in [1.29, 1.82) is 0 Å². The maximum absolute atomic E-state index is 9.77. The third-order valence-corrected chi connectivity index (χ3v) is 4.34. The summed E-state index contributed by atoms with van der Waals surface area (Å²) in [6.45, 7) is 11.7. The number of ether oxygens (including phenoxy) is 2. The van der Waals surface area contributed by atoms with Crippen LogP contribution in [-0.4, -0.2) is 34.6 Å². The summed E-state index contributed by atoms with van der Waals surface area (Å²) in [7, 11) is 0. The first-order valence-electron chi connectivity index (χ1n) is 9.28. The van der Waals surface area contributed by atoms with E-state index in [9.17, 15) is 10.2 Å². The Labute approximate surface area is 162 Å². The van der Waals surface area contributed by atoms with E-state index in [2.05, 4.69) is 38.1 Å². The molecule has 0 bridgehead atoms. The number of benzene rings is 2. The first-order valence-corrected chi connectivity index (χ1v) is 9.28. The van der Waals surface area contributed by atoms with Crippen LogP contribution >= 0.6 is 0 Å². The highest BCUT2D eigenvalue weighted by atomic mass is 16.5. The van der Waals surface area contributed by atoms with Crippen LogP contribution in [0.5, 0.6) is 11.5 Å². The predicted molar refractivity (Wildman–Crippen MR) is 109 cm³/mol. The number of aliphatic hydroxyl groups is 2. The average Bonchev–Trinajstić information content (AvgIpc) is 2.58. The van der Waals surface area contributed by atoms with Gasteiger partial charge in [-0.3, -0.25) is 0 Å². The molecule has 0 radical (unpaired) electrons. The standard InChI is InChI=1S/C23H32O4/c1-21(2,24)15-26-19-11-7-17(8-12-19)23(5,6)18-9-13-20(14-10-18)27-16-22(3,4)25/h7-14,24-25H,15-16H2,1-6H3. The Balaban J connectivity index is 2.08. The summed E-state index contributed by atoms with van der Waals surface area (Å²) in [5, 5.41) is 19.5. The highest BCUT2D eigenvalue weighted by molar-refractivity contribution is 5.41. The van der Waals surface area contributed by atoms with Gasteiger partial charge in [-0.15, -0.1) is 0 Å². The smallest absolute Gasteiger partial charge is 0.119 e. The van der Waals surface area contributed by atoms with Crippen molar-refractivity contribution in [3.8, 4) is 11.5 Å². The Morgan fingerprint density at radius 3 is 1.15 bits per heavy atom. The molecule has 2 N–H and O–H groups in total. The second-order valence-corrected chi connectivity index (χ2v) is 8.88. The van der Waals surface area contributed by atoms with Gasteiger partial charge in [-0.25, -0.2) is 0 Å². The van der Waals surface area contributed by atoms with Gasteiger partial charge < -0.3 is 19.7 Å². The lowest BCUT2D eigenvalue weighted by atomic mass is 9.78. The van der Waals surface area contributed by atoms with E-state index in [1.807, 2.05) is 24.3 Å². The van der Waals surface area contributed by atoms with Gasteiger partial charge in [0.05, 0.1) is 11.2 Å². The monoisotopic (exact) mass is 372 g/mol. The Morgan fingerprint density at radius 2 is 0.889 bits per heavy atom. The molecule has 0 unspecified atom stereocenters. The molecule has 4 nitrogen and oxygen atoms in total. The molecule has 148 valence electrons. The largest absolute Gasteiger partial charge is 0.491 e. The van der Waals surface area contributed by atoms with Gasteiger partial charge in [0.15, 0.2) is 0 Å². The van der Waals surface area contributed by atoms with E-state index in [1.54, 1.807) is 27.7 Å². The minimum atomic E-state index is -0.854. The molecule has 0 aliphatic rings. The molecule has 0 fully saturated rings. The minimum absolute atomic E-state index is 0.177. The van der Waals surface area contributed by atoms with E-state index in [-0.39, 0.29) is 18.6 Å². The Morgan fingerprint density at radius 1 is 0.593 bits per heavy atom. The molecule has 0 atom stereocenters. The quantitative estimate of drug-likeness (QED) is 0.725. The predicted octanol–water partition coefficient (Wildman–Crippen LogP) is 4.31. The summed E-state index contributed by atoms with van der Waals surface area (Å²) < 4.78 is 11.3. The summed E-state index contributed by atoms with van der Waals surface area (Å²) in [6, 6.07) is 16.0. The number of hydrogen-bond donors (Lipinski definition) is 2. The van der Waals surface area contributed by atoms with Crippen molar-refractivity contribution in [3.05, 3.63) is 59.7 Å². The van der Waals surface area contributed by atoms with Gasteiger partial charge in [-0.2, -0.15) is 0 Å². The molecule has 0 aliphatic carbocycles. The highest BCUT2D eigenvalue weighted by Crippen LogP contribution is 2.33. The molecular weight excluding hydrogens is 340 g/mol. The van der Waals surface area contributed by atoms with Crippen LogP contribution in [0.2, 0.25) is 0 Å². The summed E-state index contributed by atoms with van der Waals surface area (Å²) in [5.74, 6) is 1.49. The van der Waals surface area contributed by atoms with Crippen molar-refractivity contribution >= 4 is 0 Å². The highest BCUT2D eigenvalue weighted by Gasteiger charge is 2.23. The van der Waals surface area contributed by atoms with Crippen LogP contribution in [0.3, 0.4) is 0 Å². The van der Waals surface area contributed by atoms with Crippen molar-refractivity contribution < 1.29 is 19.7 Å². The molecule has 2 rings (SSSR count). The van der Waals surface area contributed by atoms with E-state index in [1.165, 1.54) is 11.1 Å². The fraction of sp³-hybridized carbons (Fsp3) is 0.478. The van der Waals surface area contributed by atoms with Crippen LogP contribution < -0.4 is 9.47 Å². The average molecular weight is 373 g/mol. The molecule has 2 aromatic carbocycles. The molecule has 27 heavy (non-hydrogen) atoms. The van der Waals surface area contributed by atoms with E-state index < -0.39 is 11.2 Å². The molecule has 2 aromatic rings. The van der Waals surface area contributed by atoms with Crippen LogP contribution in [0.4, 0.5) is 0 Å². The molecule has 0 amide bonds. The van der Waals surface area contributed by atoms with Crippen LogP contribution in [0.15, 0.2) is 48.5 Å². The van der Waals surface area contributed by atoms with Gasteiger partial charge >= 0.3 is 0 Å². The van der Waals surface area contributed by atoms with Crippen molar-refractivity contribution in [2.75, 3.05) is 13.2 Å². The van der Waals surface area contributed by atoms with Gasteiger partial charge in [0, 0.05) is 5.41 Å². The van der Waals surface area contributed by atoms with Crippen LogP contribution in [0.25, 0.3) is 0 Å². The molecule has 0 aromatic heterocycles. The van der Waals surface area contributed by atoms with Crippen LogP contribution in [-0.2, 0) is 5.41 Å². The van der Waals surface area contributed by atoms with Gasteiger partial charge in [0.25, 0.3) is 0 Å². The Kier molecular flexibility index (Phi) is 6.23. The lowest BCUT2D eigenvalue weighted by molar-refractivity contribution is 0.0282. The summed E-state index contributed by atoms with van der Waals surface area (Å²) in [6.07, 6.45) is 0. The molecule has 0 saturated carbocycles. The van der Waals surface area contributed by atoms with Crippen LogP contribution in [0.1, 0.15) is 52.7 Å². The third kappa shape index (κ3) is 6.56. The molecule has 0 aliphatic heterocycles. The molecule has 0 saturated heterocycles. The normalized spacial score (nSPS) is 12.7. The Bertz CT molecular complexity index is 653. The fourth-order valence-corrected chi connectivity index (χ4v) is 2.62. The third-order valence-electron chi connectivity index (χ3n) is 4.34. The maximum Gasteiger partial charge on any atom is 0.119 e. The maximum atomic E-state index is 9.77. The van der Waals surface area contributed by atoms with E-state index in [0.717, 1.165) is 11.5 Å². The van der Waals surface area contributed by atoms with Crippen molar-refractivity contribution in [2.24, 2.45) is 0 Å². The minimum Gasteiger partial charge on any atom is -0.491 e. The molecular formula is C23H32O4. The number of hydrogen-bond acceptors (Lipinski definition) is 4. The van der Waals surface area contributed by atoms with E-state index >= 15 is 0 Å². The summed E-state index contributed by atoms with van der Waals surface area (Å²) in [5.41, 5.74) is 0.454. The van der Waals surface area contributed by atoms with Crippen molar-refractivity contribution in [3.63, 3.8) is 0 Å². The van der Waals surface area contributed by atoms with Gasteiger partial charge in [-0.1, -0.05) is 38.1 Å².